The predicted molar refractivity (Wildman–Crippen MR) is 143 cm³/mol. The van der Waals surface area contributed by atoms with Crippen LogP contribution in [0.5, 0.6) is 17.2 Å². The van der Waals surface area contributed by atoms with Gasteiger partial charge in [-0.3, -0.25) is 4.79 Å². The number of ether oxygens (including phenoxy) is 3. The number of benzene rings is 2. The SMILES string of the molecule is C[C@]1(CC(=O)Nc2nccs2)NCCc2cc(OCC3CCCCO3)c(Oc3ccc(C(=O)O)cc3)cc21. The average Bonchev–Trinajstić information content (AvgIpc) is 3.41. The number of carboxylic acids is 1. The lowest BCUT2D eigenvalue weighted by molar-refractivity contribution is -0.117. The summed E-state index contributed by atoms with van der Waals surface area (Å²) in [7, 11) is 0. The lowest BCUT2D eigenvalue weighted by Gasteiger charge is -2.37. The standard InChI is InChI=1S/C28H31N3O6S/c1-28(16-25(32)31-27-29-11-13-38-27)22-15-24(37-20-7-5-18(6-8-20)26(33)34)23(14-19(22)9-10-30-28)36-17-21-4-2-3-12-35-21/h5-8,11,13-15,21,30H,2-4,9-10,12,16-17H2,1H3,(H,33,34)(H,29,31,32)/t21?,28-/m1/s1. The van der Waals surface area contributed by atoms with Gasteiger partial charge in [-0.2, -0.15) is 0 Å². The van der Waals surface area contributed by atoms with Crippen LogP contribution in [0.25, 0.3) is 0 Å². The third-order valence-corrected chi connectivity index (χ3v) is 7.58. The molecule has 0 saturated carbocycles. The average molecular weight is 538 g/mol. The second kappa shape index (κ2) is 11.5. The fraction of sp³-hybridized carbons (Fsp3) is 0.393. The highest BCUT2D eigenvalue weighted by molar-refractivity contribution is 7.13. The zero-order chi connectivity index (χ0) is 26.5. The monoisotopic (exact) mass is 537 g/mol. The van der Waals surface area contributed by atoms with Crippen molar-refractivity contribution >= 4 is 28.3 Å². The van der Waals surface area contributed by atoms with Crippen molar-refractivity contribution in [3.8, 4) is 17.2 Å². The molecule has 1 unspecified atom stereocenters. The number of hydrogen-bond donors (Lipinski definition) is 3. The Labute approximate surface area is 225 Å². The second-order valence-electron chi connectivity index (χ2n) is 9.76. The fourth-order valence-corrected chi connectivity index (χ4v) is 5.47. The van der Waals surface area contributed by atoms with E-state index < -0.39 is 11.5 Å². The van der Waals surface area contributed by atoms with E-state index in [1.54, 1.807) is 18.3 Å². The highest BCUT2D eigenvalue weighted by atomic mass is 32.1. The molecule has 1 amide bonds. The number of fused-ring (bicyclic) bond motifs is 1. The number of nitrogens with one attached hydrogen (secondary N) is 2. The van der Waals surface area contributed by atoms with Crippen molar-refractivity contribution < 1.29 is 28.9 Å². The molecule has 3 heterocycles. The molecule has 3 aromatic rings. The van der Waals surface area contributed by atoms with E-state index in [2.05, 4.69) is 15.6 Å². The summed E-state index contributed by atoms with van der Waals surface area (Å²) in [4.78, 5) is 28.3. The summed E-state index contributed by atoms with van der Waals surface area (Å²) >= 11 is 1.38. The normalized spacial score (nSPS) is 20.8. The van der Waals surface area contributed by atoms with Crippen LogP contribution in [0.3, 0.4) is 0 Å². The third-order valence-electron chi connectivity index (χ3n) is 6.89. The molecule has 1 fully saturated rings. The van der Waals surface area contributed by atoms with Crippen molar-refractivity contribution in [1.29, 1.82) is 0 Å². The number of thiazole rings is 1. The minimum absolute atomic E-state index is 0.0315. The predicted octanol–water partition coefficient (Wildman–Crippen LogP) is 4.97. The smallest absolute Gasteiger partial charge is 0.335 e. The van der Waals surface area contributed by atoms with Gasteiger partial charge in [-0.15, -0.1) is 11.3 Å². The molecule has 2 aromatic carbocycles. The molecule has 10 heteroatoms. The maximum atomic E-state index is 12.9. The van der Waals surface area contributed by atoms with E-state index in [-0.39, 0.29) is 24.0 Å². The number of carboxylic acid groups (broad SMARTS) is 1. The van der Waals surface area contributed by atoms with Gasteiger partial charge in [0.05, 0.1) is 11.7 Å². The molecular weight excluding hydrogens is 506 g/mol. The highest BCUT2D eigenvalue weighted by Crippen LogP contribution is 2.41. The van der Waals surface area contributed by atoms with E-state index in [1.807, 2.05) is 24.4 Å². The molecular formula is C28H31N3O6S. The van der Waals surface area contributed by atoms with Crippen LogP contribution in [-0.2, 0) is 21.5 Å². The van der Waals surface area contributed by atoms with Crippen molar-refractivity contribution in [2.75, 3.05) is 25.1 Å². The Hall–Kier alpha value is -3.47. The molecule has 0 spiro atoms. The van der Waals surface area contributed by atoms with Crippen LogP contribution in [0.15, 0.2) is 48.0 Å². The number of amides is 1. The Bertz CT molecular complexity index is 1270. The first-order chi connectivity index (χ1) is 18.4. The first kappa shape index (κ1) is 26.1. The molecule has 0 radical (unpaired) electrons. The van der Waals surface area contributed by atoms with Crippen molar-refractivity contribution in [1.82, 2.24) is 10.3 Å². The minimum atomic E-state index is -1.00. The molecule has 2 aliphatic rings. The van der Waals surface area contributed by atoms with Gasteiger partial charge in [-0.05, 0) is 80.1 Å². The van der Waals surface area contributed by atoms with Gasteiger partial charge >= 0.3 is 5.97 Å². The van der Waals surface area contributed by atoms with Crippen LogP contribution < -0.4 is 20.1 Å². The Morgan fingerprint density at radius 2 is 2.08 bits per heavy atom. The summed E-state index contributed by atoms with van der Waals surface area (Å²) in [6.07, 6.45) is 5.81. The maximum absolute atomic E-state index is 12.9. The topological polar surface area (TPSA) is 119 Å². The van der Waals surface area contributed by atoms with Crippen LogP contribution in [0, 0.1) is 0 Å². The molecule has 3 N–H and O–H groups in total. The number of carbonyl (C=O) groups excluding carboxylic acids is 1. The van der Waals surface area contributed by atoms with E-state index in [1.165, 1.54) is 23.5 Å². The Balaban J connectivity index is 1.43. The van der Waals surface area contributed by atoms with Gasteiger partial charge in [0.1, 0.15) is 12.4 Å². The van der Waals surface area contributed by atoms with E-state index in [9.17, 15) is 14.7 Å². The summed E-state index contributed by atoms with van der Waals surface area (Å²) in [6, 6.07) is 10.2. The highest BCUT2D eigenvalue weighted by Gasteiger charge is 2.35. The van der Waals surface area contributed by atoms with Gasteiger partial charge in [0, 0.05) is 36.7 Å². The number of rotatable bonds is 9. The summed E-state index contributed by atoms with van der Waals surface area (Å²) in [6.45, 7) is 3.88. The van der Waals surface area contributed by atoms with Gasteiger partial charge < -0.3 is 30.0 Å². The molecule has 200 valence electrons. The summed E-state index contributed by atoms with van der Waals surface area (Å²) in [5.74, 6) is 0.444. The van der Waals surface area contributed by atoms with Crippen molar-refractivity contribution in [3.05, 3.63) is 64.7 Å². The van der Waals surface area contributed by atoms with Crippen LogP contribution >= 0.6 is 11.3 Å². The Morgan fingerprint density at radius 3 is 2.79 bits per heavy atom. The summed E-state index contributed by atoms with van der Waals surface area (Å²) in [5, 5.41) is 18.0. The molecule has 38 heavy (non-hydrogen) atoms. The van der Waals surface area contributed by atoms with E-state index in [0.717, 1.165) is 50.0 Å². The van der Waals surface area contributed by atoms with Gasteiger partial charge in [-0.25, -0.2) is 9.78 Å². The van der Waals surface area contributed by atoms with Gasteiger partial charge in [0.2, 0.25) is 5.91 Å². The van der Waals surface area contributed by atoms with Gasteiger partial charge in [0.15, 0.2) is 16.6 Å². The quantitative estimate of drug-likeness (QED) is 0.350. The van der Waals surface area contributed by atoms with E-state index in [4.69, 9.17) is 14.2 Å². The Kier molecular flexibility index (Phi) is 7.92. The number of carbonyl (C=O) groups is 2. The molecule has 0 bridgehead atoms. The molecule has 5 rings (SSSR count). The van der Waals surface area contributed by atoms with Crippen LogP contribution in [0.1, 0.15) is 54.1 Å². The number of hydrogen-bond acceptors (Lipinski definition) is 8. The summed E-state index contributed by atoms with van der Waals surface area (Å²) in [5.41, 5.74) is 1.58. The number of anilines is 1. The second-order valence-corrected chi connectivity index (χ2v) is 10.7. The third kappa shape index (κ3) is 6.15. The molecule has 2 atom stereocenters. The lowest BCUT2D eigenvalue weighted by atomic mass is 9.81. The maximum Gasteiger partial charge on any atom is 0.335 e. The van der Waals surface area contributed by atoms with Crippen molar-refractivity contribution in [2.45, 2.75) is 50.7 Å². The van der Waals surface area contributed by atoms with E-state index in [0.29, 0.717) is 29.0 Å². The number of nitrogens with zero attached hydrogens (tertiary/aromatic N) is 1. The van der Waals surface area contributed by atoms with Gasteiger partial charge in [0.25, 0.3) is 0 Å². The van der Waals surface area contributed by atoms with Crippen molar-refractivity contribution in [2.24, 2.45) is 0 Å². The van der Waals surface area contributed by atoms with Crippen molar-refractivity contribution in [3.63, 3.8) is 0 Å². The van der Waals surface area contributed by atoms with Crippen LogP contribution in [-0.4, -0.2) is 47.8 Å². The molecule has 1 aromatic heterocycles. The molecule has 2 aliphatic heterocycles. The lowest BCUT2D eigenvalue weighted by Crippen LogP contribution is -2.47. The fourth-order valence-electron chi connectivity index (χ4n) is 4.92. The largest absolute Gasteiger partial charge is 0.487 e. The number of aromatic nitrogens is 1. The van der Waals surface area contributed by atoms with Crippen LogP contribution in [0.2, 0.25) is 0 Å². The summed E-state index contributed by atoms with van der Waals surface area (Å²) < 4.78 is 18.3. The minimum Gasteiger partial charge on any atom is -0.487 e. The zero-order valence-electron chi connectivity index (χ0n) is 21.2. The zero-order valence-corrected chi connectivity index (χ0v) is 22.0. The first-order valence-electron chi connectivity index (χ1n) is 12.8. The first-order valence-corrected chi connectivity index (χ1v) is 13.6. The van der Waals surface area contributed by atoms with E-state index >= 15 is 0 Å². The Morgan fingerprint density at radius 1 is 1.24 bits per heavy atom. The number of aromatic carboxylic acids is 1. The molecule has 1 saturated heterocycles. The molecule has 0 aliphatic carbocycles. The molecule has 9 nitrogen and oxygen atoms in total. The van der Waals surface area contributed by atoms with Gasteiger partial charge in [-0.1, -0.05) is 0 Å². The van der Waals surface area contributed by atoms with Crippen LogP contribution in [0.4, 0.5) is 5.13 Å².